The lowest BCUT2D eigenvalue weighted by molar-refractivity contribution is -0.0108. The molecule has 0 atom stereocenters. The van der Waals surface area contributed by atoms with E-state index in [1.807, 2.05) is 35.2 Å². The van der Waals surface area contributed by atoms with Gasteiger partial charge in [-0.1, -0.05) is 111 Å². The van der Waals surface area contributed by atoms with Gasteiger partial charge in [-0.25, -0.2) is 0 Å². The fourth-order valence-electron chi connectivity index (χ4n) is 8.77. The number of rotatable bonds is 57. The Kier molecular flexibility index (Phi) is 102. The monoisotopic (exact) mass is 1440 g/mol. The number of hydrogen-bond acceptors (Lipinski definition) is 16. The predicted octanol–water partition coefficient (Wildman–Crippen LogP) is 18.9. The zero-order valence-corrected chi connectivity index (χ0v) is 74.2. The molecular weight excluding hydrogens is 1250 g/mol. The fraction of sp³-hybridized carbons (Fsp3) is 1.00. The molecule has 0 heterocycles. The van der Waals surface area contributed by atoms with Gasteiger partial charge in [0.2, 0.25) is 0 Å². The molecule has 0 radical (unpaired) electrons. The topological polar surface area (TPSA) is 144 Å². The lowest BCUT2D eigenvalue weighted by atomic mass is 10.1. The minimum Gasteiger partial charge on any atom is -0.379 e. The first-order valence-electron chi connectivity index (χ1n) is 41.3. The van der Waals surface area contributed by atoms with Crippen LogP contribution in [0.5, 0.6) is 0 Å². The third-order valence-electron chi connectivity index (χ3n) is 14.6. The van der Waals surface area contributed by atoms with Crippen molar-refractivity contribution >= 4 is 0 Å². The van der Waals surface area contributed by atoms with E-state index in [2.05, 4.69) is 222 Å². The molecule has 16 nitrogen and oxygen atoms in total. The van der Waals surface area contributed by atoms with E-state index in [9.17, 15) is 0 Å². The Bertz CT molecular complexity index is 1410. The Balaban J connectivity index is -0.000000162. The summed E-state index contributed by atoms with van der Waals surface area (Å²) in [5.41, 5.74) is 0.0794. The van der Waals surface area contributed by atoms with Gasteiger partial charge in [0.15, 0.2) is 0 Å². The summed E-state index contributed by atoms with van der Waals surface area (Å²) in [6.07, 6.45) is 35.2. The molecule has 0 fully saturated rings. The van der Waals surface area contributed by atoms with Crippen LogP contribution in [0.4, 0.5) is 0 Å². The molecule has 100 heavy (non-hydrogen) atoms. The number of hydrogen-bond donors (Lipinski definition) is 5. The molecule has 0 aliphatic rings. The van der Waals surface area contributed by atoms with Crippen LogP contribution in [0.25, 0.3) is 0 Å². The molecule has 0 spiro atoms. The summed E-state index contributed by atoms with van der Waals surface area (Å²) in [5, 5.41) is 15.6. The average Bonchev–Trinajstić information content (AvgIpc) is 1.39. The predicted molar refractivity (Wildman–Crippen MR) is 446 cm³/mol. The van der Waals surface area contributed by atoms with Gasteiger partial charge >= 0.3 is 0 Å². The van der Waals surface area contributed by atoms with Crippen molar-refractivity contribution in [2.75, 3.05) is 181 Å². The van der Waals surface area contributed by atoms with Gasteiger partial charge in [0.25, 0.3) is 0 Å². The summed E-state index contributed by atoms with van der Waals surface area (Å²) >= 11 is 0. The van der Waals surface area contributed by atoms with Crippen molar-refractivity contribution in [2.24, 2.45) is 0 Å². The molecule has 16 heteroatoms. The van der Waals surface area contributed by atoms with Crippen LogP contribution < -0.4 is 26.6 Å². The van der Waals surface area contributed by atoms with E-state index >= 15 is 0 Å². The van der Waals surface area contributed by atoms with Gasteiger partial charge in [0, 0.05) is 65.8 Å². The molecule has 0 aromatic carbocycles. The minimum atomic E-state index is -0.00812. The third-order valence-corrected chi connectivity index (χ3v) is 14.6. The summed E-state index contributed by atoms with van der Waals surface area (Å²) in [5.74, 6) is 0. The molecule has 0 rings (SSSR count). The molecule has 0 saturated heterocycles. The van der Waals surface area contributed by atoms with E-state index in [0.29, 0.717) is 24.4 Å². The Hall–Kier alpha value is -0.640. The fourth-order valence-corrected chi connectivity index (χ4v) is 8.77. The second-order valence-electron chi connectivity index (χ2n) is 32.1. The molecule has 5 N–H and O–H groups in total. The van der Waals surface area contributed by atoms with Crippen molar-refractivity contribution in [2.45, 2.75) is 373 Å². The largest absolute Gasteiger partial charge is 0.379 e. The average molecular weight is 1440 g/mol. The van der Waals surface area contributed by atoms with Crippen molar-refractivity contribution in [3.05, 3.63) is 0 Å². The van der Waals surface area contributed by atoms with E-state index in [1.165, 1.54) is 161 Å². The molecular formula is C84H192N8O8. The summed E-state index contributed by atoms with van der Waals surface area (Å²) in [6, 6.07) is 0. The van der Waals surface area contributed by atoms with E-state index in [0.717, 1.165) is 131 Å². The van der Waals surface area contributed by atoms with Crippen molar-refractivity contribution in [3.8, 4) is 0 Å². The molecule has 0 bridgehead atoms. The number of ether oxygens (including phenoxy) is 8. The van der Waals surface area contributed by atoms with E-state index < -0.39 is 0 Å². The maximum absolute atomic E-state index is 5.65. The van der Waals surface area contributed by atoms with E-state index in [-0.39, 0.29) is 22.4 Å². The highest BCUT2D eigenvalue weighted by atomic mass is 16.5. The van der Waals surface area contributed by atoms with Gasteiger partial charge in [0.05, 0.1) is 60.0 Å². The van der Waals surface area contributed by atoms with Crippen molar-refractivity contribution < 1.29 is 37.9 Å². The van der Waals surface area contributed by atoms with Crippen LogP contribution in [0.15, 0.2) is 0 Å². The van der Waals surface area contributed by atoms with Gasteiger partial charge in [-0.3, -0.25) is 0 Å². The van der Waals surface area contributed by atoms with Crippen LogP contribution in [-0.2, 0) is 37.9 Å². The summed E-state index contributed by atoms with van der Waals surface area (Å²) < 4.78 is 44.1. The molecule has 0 aromatic heterocycles. The van der Waals surface area contributed by atoms with Gasteiger partial charge in [-0.05, 0) is 318 Å². The highest BCUT2D eigenvalue weighted by molar-refractivity contribution is 4.63. The molecule has 0 aliphatic carbocycles. The second-order valence-corrected chi connectivity index (χ2v) is 32.1. The van der Waals surface area contributed by atoms with Crippen LogP contribution in [-0.4, -0.2) is 243 Å². The smallest absolute Gasteiger partial charge is 0.0600 e. The SMILES string of the molecule is CCCCCCCCCOC(C)C.CCCCCN(C)CCCOC(C)C.CCCCCOC(C)(C)C.CNCCCCCCCCOC(C)C.CNCCCCN(C)CCCOC(C)C.CNCCCCOC(C)(C)C.CNCCCN(C)CCOC(C)(C)C.CNCCOC(C)(C)C. The van der Waals surface area contributed by atoms with Gasteiger partial charge < -0.3 is 79.2 Å². The summed E-state index contributed by atoms with van der Waals surface area (Å²) in [4.78, 5) is 7.10. The zero-order valence-electron chi connectivity index (χ0n) is 74.2. The van der Waals surface area contributed by atoms with Crippen LogP contribution in [0, 0.1) is 0 Å². The molecule has 0 unspecified atom stereocenters. The minimum absolute atomic E-state index is 0.00812. The van der Waals surface area contributed by atoms with Crippen molar-refractivity contribution in [3.63, 3.8) is 0 Å². The number of unbranched alkanes of at least 4 members (excludes halogenated alkanes) is 17. The van der Waals surface area contributed by atoms with Crippen LogP contribution in [0.2, 0.25) is 0 Å². The Morgan fingerprint density at radius 2 is 0.450 bits per heavy atom. The molecule has 0 saturated carbocycles. The quantitative estimate of drug-likeness (QED) is 0.0368. The third kappa shape index (κ3) is 147. The van der Waals surface area contributed by atoms with Crippen LogP contribution in [0.1, 0.15) is 326 Å². The Morgan fingerprint density at radius 3 is 0.800 bits per heavy atom. The van der Waals surface area contributed by atoms with Crippen LogP contribution in [0.3, 0.4) is 0 Å². The normalized spacial score (nSPS) is 11.7. The maximum atomic E-state index is 5.65. The maximum Gasteiger partial charge on any atom is 0.0600 e. The van der Waals surface area contributed by atoms with E-state index in [4.69, 9.17) is 37.9 Å². The molecule has 616 valence electrons. The van der Waals surface area contributed by atoms with Gasteiger partial charge in [-0.2, -0.15) is 0 Å². The first kappa shape index (κ1) is 115. The zero-order chi connectivity index (χ0) is 78.1. The van der Waals surface area contributed by atoms with Gasteiger partial charge in [-0.15, -0.1) is 0 Å². The van der Waals surface area contributed by atoms with Crippen molar-refractivity contribution in [1.82, 2.24) is 41.3 Å². The standard InChI is InChI=1S/C12H28N2O.2C12H27NO.C12H26O.C11H26N2O.C9H21NO.C9H20O.C7H17NO/c1-12(2)15-11-7-10-14(4)9-6-5-8-13-3;1-12(2)14-11-9-7-5-4-6-8-10-13-3;1-5-6-7-9-13(4)10-8-11-14-12(2)3;1-4-5-6-7-8-9-10-11-13-12(2)3;1-11(2,3)14-10-9-13(5)8-6-7-12-4;1-9(2,3)11-8-6-5-7-10-4;1-5-6-7-8-10-9(2,3)4;1-7(2,3)9-6-5-8-4/h12-13H,5-11H2,1-4H3;12-13H,4-11H2,1-3H3;12H,5-11H2,1-4H3;12H,4-11H2,1-3H3;12H,6-10H2,1-5H3;10H,5-8H2,1-4H3;5-8H2,1-4H3;8H,5-6H2,1-4H3. The molecule has 0 amide bonds. The lowest BCUT2D eigenvalue weighted by Gasteiger charge is -2.22. The van der Waals surface area contributed by atoms with Crippen LogP contribution >= 0.6 is 0 Å². The first-order valence-corrected chi connectivity index (χ1v) is 41.3. The molecule has 0 aromatic rings. The second kappa shape index (κ2) is 89.0. The molecule has 0 aliphatic heterocycles. The van der Waals surface area contributed by atoms with E-state index in [1.54, 1.807) is 0 Å². The number of likely N-dealkylation sites (N-methyl/N-ethyl adjacent to an activating group) is 2. The Morgan fingerprint density at radius 1 is 0.230 bits per heavy atom. The number of nitrogens with one attached hydrogen (secondary N) is 5. The highest BCUT2D eigenvalue weighted by Gasteiger charge is 2.12. The Labute approximate surface area is 630 Å². The van der Waals surface area contributed by atoms with Crippen molar-refractivity contribution in [1.29, 1.82) is 0 Å². The first-order chi connectivity index (χ1) is 47.0. The summed E-state index contributed by atoms with van der Waals surface area (Å²) in [7, 11) is 16.4. The highest BCUT2D eigenvalue weighted by Crippen LogP contribution is 2.12. The summed E-state index contributed by atoms with van der Waals surface area (Å²) in [6.45, 7) is 67.8. The lowest BCUT2D eigenvalue weighted by Crippen LogP contribution is -2.29. The number of nitrogens with zero attached hydrogens (tertiary/aromatic N) is 3. The van der Waals surface area contributed by atoms with Gasteiger partial charge in [0.1, 0.15) is 0 Å².